The molecule has 63 valence electrons. The maximum absolute atomic E-state index is 5.34. The van der Waals surface area contributed by atoms with Crippen molar-refractivity contribution in [3.05, 3.63) is 5.92 Å². The first-order chi connectivity index (χ1) is 5.45. The summed E-state index contributed by atoms with van der Waals surface area (Å²) in [4.78, 5) is 0. The van der Waals surface area contributed by atoms with E-state index in [0.29, 0.717) is 0 Å². The summed E-state index contributed by atoms with van der Waals surface area (Å²) in [5.74, 6) is 1.54. The Morgan fingerprint density at radius 1 is 1.36 bits per heavy atom. The molecular weight excluding hydrogens is 142 g/mol. The van der Waals surface area contributed by atoms with Crippen molar-refractivity contribution in [1.82, 2.24) is 5.32 Å². The summed E-state index contributed by atoms with van der Waals surface area (Å²) in [6.07, 6.45) is 2.25. The highest BCUT2D eigenvalue weighted by molar-refractivity contribution is 4.98. The fourth-order valence-electron chi connectivity index (χ4n) is 1.55. The molecule has 0 bridgehead atoms. The highest BCUT2D eigenvalue weighted by Crippen LogP contribution is 2.21. The summed E-state index contributed by atoms with van der Waals surface area (Å²) >= 11 is 0. The van der Waals surface area contributed by atoms with E-state index in [9.17, 15) is 0 Å². The van der Waals surface area contributed by atoms with E-state index in [2.05, 4.69) is 5.32 Å². The molecule has 2 aliphatic heterocycles. The second-order valence-electron chi connectivity index (χ2n) is 3.05. The van der Waals surface area contributed by atoms with Crippen LogP contribution in [0.4, 0.5) is 0 Å². The van der Waals surface area contributed by atoms with Crippen LogP contribution in [0.1, 0.15) is 12.8 Å². The minimum atomic E-state index is 0.0601. The molecule has 11 heavy (non-hydrogen) atoms. The third-order valence-corrected chi connectivity index (χ3v) is 2.18. The maximum Gasteiger partial charge on any atom is 0.158 e. The average Bonchev–Trinajstić information content (AvgIpc) is 2.60. The molecule has 0 amide bonds. The van der Waals surface area contributed by atoms with Gasteiger partial charge in [0.25, 0.3) is 0 Å². The van der Waals surface area contributed by atoms with Gasteiger partial charge in [-0.2, -0.15) is 0 Å². The molecule has 0 atom stereocenters. The number of rotatable bonds is 2. The zero-order valence-corrected chi connectivity index (χ0v) is 6.64. The van der Waals surface area contributed by atoms with Gasteiger partial charge in [-0.05, 0) is 18.9 Å². The number of ether oxygens (including phenoxy) is 2. The molecule has 1 radical (unpaired) electrons. The quantitative estimate of drug-likeness (QED) is 0.624. The van der Waals surface area contributed by atoms with Crippen molar-refractivity contribution < 1.29 is 9.47 Å². The van der Waals surface area contributed by atoms with Crippen LogP contribution < -0.4 is 5.32 Å². The van der Waals surface area contributed by atoms with E-state index < -0.39 is 0 Å². The zero-order chi connectivity index (χ0) is 7.52. The third-order valence-electron chi connectivity index (χ3n) is 2.18. The van der Waals surface area contributed by atoms with Crippen LogP contribution in [-0.2, 0) is 9.47 Å². The molecule has 2 rings (SSSR count). The molecule has 0 aromatic carbocycles. The lowest BCUT2D eigenvalue weighted by molar-refractivity contribution is -0.0438. The van der Waals surface area contributed by atoms with Gasteiger partial charge in [-0.15, -0.1) is 0 Å². The molecule has 1 N–H and O–H groups in total. The van der Waals surface area contributed by atoms with Gasteiger partial charge in [-0.25, -0.2) is 0 Å². The van der Waals surface area contributed by atoms with Crippen LogP contribution in [0.3, 0.4) is 0 Å². The van der Waals surface area contributed by atoms with Crippen molar-refractivity contribution in [2.45, 2.75) is 19.1 Å². The largest absolute Gasteiger partial charge is 0.350 e. The van der Waals surface area contributed by atoms with E-state index >= 15 is 0 Å². The van der Waals surface area contributed by atoms with E-state index in [4.69, 9.17) is 9.47 Å². The van der Waals surface area contributed by atoms with E-state index in [1.165, 1.54) is 12.3 Å². The predicted molar refractivity (Wildman–Crippen MR) is 41.0 cm³/mol. The molecule has 0 unspecified atom stereocenters. The van der Waals surface area contributed by atoms with Gasteiger partial charge in [0.2, 0.25) is 0 Å². The number of hydrogen-bond donors (Lipinski definition) is 1. The Labute approximate surface area is 67.1 Å². The maximum atomic E-state index is 5.34. The standard InChI is InChI=1S/C8H14NO2/c1-2-9-6-7(1)5-8-10-3-4-11-8/h8-9H,1-6H2. The molecule has 0 spiro atoms. The van der Waals surface area contributed by atoms with Crippen molar-refractivity contribution in [3.8, 4) is 0 Å². The van der Waals surface area contributed by atoms with Crippen LogP contribution in [0.2, 0.25) is 0 Å². The molecule has 0 saturated carbocycles. The van der Waals surface area contributed by atoms with Crippen molar-refractivity contribution in [2.24, 2.45) is 0 Å². The van der Waals surface area contributed by atoms with E-state index in [0.717, 1.165) is 32.7 Å². The fraction of sp³-hybridized carbons (Fsp3) is 0.875. The third kappa shape index (κ3) is 1.92. The Balaban J connectivity index is 1.71. The van der Waals surface area contributed by atoms with Gasteiger partial charge in [0, 0.05) is 13.0 Å². The Morgan fingerprint density at radius 3 is 2.82 bits per heavy atom. The molecule has 2 heterocycles. The second kappa shape index (κ2) is 3.52. The number of nitrogens with one attached hydrogen (secondary N) is 1. The second-order valence-corrected chi connectivity index (χ2v) is 3.05. The summed E-state index contributed by atoms with van der Waals surface area (Å²) in [6.45, 7) is 3.72. The van der Waals surface area contributed by atoms with E-state index in [1.54, 1.807) is 0 Å². The summed E-state index contributed by atoms with van der Waals surface area (Å²) in [7, 11) is 0. The Hall–Kier alpha value is -0.120. The molecule has 2 aliphatic rings. The van der Waals surface area contributed by atoms with Gasteiger partial charge in [0.15, 0.2) is 6.29 Å². The Morgan fingerprint density at radius 2 is 2.18 bits per heavy atom. The van der Waals surface area contributed by atoms with Crippen LogP contribution in [0.15, 0.2) is 0 Å². The molecule has 2 saturated heterocycles. The summed E-state index contributed by atoms with van der Waals surface area (Å²) in [5.41, 5.74) is 0. The first kappa shape index (κ1) is 7.53. The molecule has 0 aromatic heterocycles. The topological polar surface area (TPSA) is 30.5 Å². The van der Waals surface area contributed by atoms with Crippen LogP contribution >= 0.6 is 0 Å². The normalized spacial score (nSPS) is 28.4. The smallest absolute Gasteiger partial charge is 0.158 e. The highest BCUT2D eigenvalue weighted by Gasteiger charge is 2.23. The first-order valence-electron chi connectivity index (χ1n) is 4.22. The van der Waals surface area contributed by atoms with Crippen molar-refractivity contribution in [1.29, 1.82) is 0 Å². The Kier molecular flexibility index (Phi) is 2.41. The fourth-order valence-corrected chi connectivity index (χ4v) is 1.55. The zero-order valence-electron chi connectivity index (χ0n) is 6.64. The first-order valence-corrected chi connectivity index (χ1v) is 4.22. The lowest BCUT2D eigenvalue weighted by Crippen LogP contribution is -2.15. The van der Waals surface area contributed by atoms with Crippen LogP contribution in [-0.4, -0.2) is 32.6 Å². The van der Waals surface area contributed by atoms with Crippen LogP contribution in [0.25, 0.3) is 0 Å². The SMILES string of the molecule is C1C[C](CC2OCCO2)CN1. The van der Waals surface area contributed by atoms with Gasteiger partial charge < -0.3 is 14.8 Å². The summed E-state index contributed by atoms with van der Waals surface area (Å²) in [6, 6.07) is 0. The average molecular weight is 156 g/mol. The van der Waals surface area contributed by atoms with Crippen molar-refractivity contribution in [3.63, 3.8) is 0 Å². The minimum absolute atomic E-state index is 0.0601. The van der Waals surface area contributed by atoms with Crippen LogP contribution in [0.5, 0.6) is 0 Å². The number of hydrogen-bond acceptors (Lipinski definition) is 3. The molecular formula is C8H14NO2. The molecule has 0 aliphatic carbocycles. The monoisotopic (exact) mass is 156 g/mol. The van der Waals surface area contributed by atoms with Crippen molar-refractivity contribution >= 4 is 0 Å². The van der Waals surface area contributed by atoms with Gasteiger partial charge >= 0.3 is 0 Å². The van der Waals surface area contributed by atoms with Gasteiger partial charge in [-0.3, -0.25) is 0 Å². The lowest BCUT2D eigenvalue weighted by Gasteiger charge is -2.12. The minimum Gasteiger partial charge on any atom is -0.350 e. The predicted octanol–water partition coefficient (Wildman–Crippen LogP) is 0.317. The summed E-state index contributed by atoms with van der Waals surface area (Å²) < 4.78 is 10.7. The molecule has 3 heteroatoms. The van der Waals surface area contributed by atoms with Gasteiger partial charge in [-0.1, -0.05) is 0 Å². The molecule has 0 aromatic rings. The Bertz CT molecular complexity index is 103. The lowest BCUT2D eigenvalue weighted by atomic mass is 10.1. The van der Waals surface area contributed by atoms with Gasteiger partial charge in [0.05, 0.1) is 13.2 Å². The van der Waals surface area contributed by atoms with Crippen molar-refractivity contribution in [2.75, 3.05) is 26.3 Å². The van der Waals surface area contributed by atoms with E-state index in [-0.39, 0.29) is 6.29 Å². The van der Waals surface area contributed by atoms with Crippen LogP contribution in [0, 0.1) is 5.92 Å². The summed E-state index contributed by atoms with van der Waals surface area (Å²) in [5, 5.41) is 3.30. The molecule has 3 nitrogen and oxygen atoms in total. The van der Waals surface area contributed by atoms with Gasteiger partial charge in [0.1, 0.15) is 0 Å². The molecule has 2 fully saturated rings. The van der Waals surface area contributed by atoms with E-state index in [1.807, 2.05) is 0 Å². The highest BCUT2D eigenvalue weighted by atomic mass is 16.7.